The summed E-state index contributed by atoms with van der Waals surface area (Å²) in [4.78, 5) is 21.8. The summed E-state index contributed by atoms with van der Waals surface area (Å²) >= 11 is 0. The van der Waals surface area contributed by atoms with Crippen molar-refractivity contribution in [3.8, 4) is 0 Å². The topological polar surface area (TPSA) is 84.2 Å². The number of nitro groups is 1. The molecule has 0 saturated carbocycles. The van der Waals surface area contributed by atoms with E-state index >= 15 is 0 Å². The fourth-order valence-electron chi connectivity index (χ4n) is 3.14. The fraction of sp³-hybridized carbons (Fsp3) is 0.444. The molecule has 1 saturated heterocycles. The molecule has 0 amide bonds. The summed E-state index contributed by atoms with van der Waals surface area (Å²) in [6.45, 7) is 5.54. The molecule has 132 valence electrons. The van der Waals surface area contributed by atoms with Gasteiger partial charge in [0.25, 0.3) is 0 Å². The molecule has 0 aliphatic carbocycles. The highest BCUT2D eigenvalue weighted by Gasteiger charge is 2.27. The third-order valence-corrected chi connectivity index (χ3v) is 4.54. The molecule has 25 heavy (non-hydrogen) atoms. The third kappa shape index (κ3) is 3.87. The monoisotopic (exact) mass is 341 g/mol. The van der Waals surface area contributed by atoms with E-state index in [1.165, 1.54) is 6.33 Å². The number of nitrogens with one attached hydrogen (secondary N) is 1. The summed E-state index contributed by atoms with van der Waals surface area (Å²) in [5.74, 6) is 0.655. The van der Waals surface area contributed by atoms with E-state index in [1.807, 2.05) is 36.9 Å². The van der Waals surface area contributed by atoms with Crippen molar-refractivity contribution >= 4 is 23.0 Å². The van der Waals surface area contributed by atoms with Gasteiger partial charge in [0.05, 0.1) is 4.92 Å². The van der Waals surface area contributed by atoms with Gasteiger partial charge in [-0.25, -0.2) is 9.97 Å². The first-order chi connectivity index (χ1) is 12.1. The maximum absolute atomic E-state index is 11.8. The first kappa shape index (κ1) is 17.1. The summed E-state index contributed by atoms with van der Waals surface area (Å²) in [6, 6.07) is 5.96. The van der Waals surface area contributed by atoms with Crippen LogP contribution in [0.2, 0.25) is 0 Å². The van der Waals surface area contributed by atoms with Gasteiger partial charge in [-0.15, -0.1) is 0 Å². The van der Waals surface area contributed by atoms with Crippen LogP contribution in [0.25, 0.3) is 0 Å². The second-order valence-electron chi connectivity index (χ2n) is 6.50. The van der Waals surface area contributed by atoms with Gasteiger partial charge in [0, 0.05) is 18.8 Å². The van der Waals surface area contributed by atoms with Crippen molar-refractivity contribution < 1.29 is 4.92 Å². The van der Waals surface area contributed by atoms with E-state index in [0.717, 1.165) is 55.6 Å². The maximum atomic E-state index is 11.8. The lowest BCUT2D eigenvalue weighted by Gasteiger charge is -2.21. The predicted octanol–water partition coefficient (Wildman–Crippen LogP) is 4.13. The van der Waals surface area contributed by atoms with Crippen molar-refractivity contribution in [2.24, 2.45) is 0 Å². The Morgan fingerprint density at radius 2 is 1.84 bits per heavy atom. The van der Waals surface area contributed by atoms with E-state index in [2.05, 4.69) is 15.3 Å². The number of nitrogens with zero attached hydrogens (tertiary/aromatic N) is 4. The zero-order valence-corrected chi connectivity index (χ0v) is 14.7. The zero-order chi connectivity index (χ0) is 17.8. The predicted molar refractivity (Wildman–Crippen MR) is 98.6 cm³/mol. The molecule has 0 bridgehead atoms. The Labute approximate surface area is 147 Å². The summed E-state index contributed by atoms with van der Waals surface area (Å²) in [5, 5.41) is 14.9. The number of aryl methyl sites for hydroxylation is 2. The molecule has 1 N–H and O–H groups in total. The van der Waals surface area contributed by atoms with Crippen LogP contribution in [0, 0.1) is 24.0 Å². The molecule has 0 unspecified atom stereocenters. The lowest BCUT2D eigenvalue weighted by atomic mass is 10.1. The molecule has 3 rings (SSSR count). The highest BCUT2D eigenvalue weighted by Crippen LogP contribution is 2.35. The minimum absolute atomic E-state index is 0.0506. The van der Waals surface area contributed by atoms with Crippen molar-refractivity contribution in [1.82, 2.24) is 9.97 Å². The van der Waals surface area contributed by atoms with Crippen molar-refractivity contribution in [1.29, 1.82) is 0 Å². The normalized spacial score (nSPS) is 14.9. The Morgan fingerprint density at radius 1 is 1.12 bits per heavy atom. The Morgan fingerprint density at radius 3 is 2.52 bits per heavy atom. The molecule has 2 heterocycles. The van der Waals surface area contributed by atoms with Gasteiger partial charge in [-0.05, 0) is 43.9 Å². The molecular weight excluding hydrogens is 318 g/mol. The van der Waals surface area contributed by atoms with Crippen LogP contribution in [-0.4, -0.2) is 28.0 Å². The second-order valence-corrected chi connectivity index (χ2v) is 6.50. The number of anilines is 3. The van der Waals surface area contributed by atoms with Crippen molar-refractivity contribution in [3.63, 3.8) is 0 Å². The van der Waals surface area contributed by atoms with Crippen molar-refractivity contribution in [3.05, 3.63) is 45.8 Å². The van der Waals surface area contributed by atoms with E-state index in [-0.39, 0.29) is 16.4 Å². The molecule has 1 aromatic heterocycles. The van der Waals surface area contributed by atoms with E-state index in [1.54, 1.807) is 0 Å². The van der Waals surface area contributed by atoms with Crippen LogP contribution in [0.3, 0.4) is 0 Å². The van der Waals surface area contributed by atoms with Crippen LogP contribution in [0.1, 0.15) is 36.8 Å². The molecule has 0 radical (unpaired) electrons. The number of hydrogen-bond donors (Lipinski definition) is 1. The highest BCUT2D eigenvalue weighted by atomic mass is 16.6. The molecule has 1 aliphatic heterocycles. The summed E-state index contributed by atoms with van der Waals surface area (Å²) in [5.41, 5.74) is 2.86. The smallest absolute Gasteiger partial charge is 0.351 e. The van der Waals surface area contributed by atoms with Crippen LogP contribution in [0.15, 0.2) is 24.5 Å². The van der Waals surface area contributed by atoms with E-state index in [4.69, 9.17) is 0 Å². The highest BCUT2D eigenvalue weighted by molar-refractivity contribution is 5.75. The van der Waals surface area contributed by atoms with Crippen LogP contribution in [0.5, 0.6) is 0 Å². The fourth-order valence-corrected chi connectivity index (χ4v) is 3.14. The lowest BCUT2D eigenvalue weighted by molar-refractivity contribution is -0.383. The van der Waals surface area contributed by atoms with Gasteiger partial charge in [0.1, 0.15) is 6.33 Å². The molecular formula is C18H23N5O2. The Balaban J connectivity index is 2.00. The molecule has 0 spiro atoms. The second kappa shape index (κ2) is 7.46. The van der Waals surface area contributed by atoms with Gasteiger partial charge in [0.2, 0.25) is 11.6 Å². The molecule has 1 fully saturated rings. The number of hydrogen-bond acceptors (Lipinski definition) is 6. The summed E-state index contributed by atoms with van der Waals surface area (Å²) in [6.07, 6.45) is 5.77. The third-order valence-electron chi connectivity index (χ3n) is 4.54. The van der Waals surface area contributed by atoms with Gasteiger partial charge in [-0.1, -0.05) is 25.0 Å². The Hall–Kier alpha value is -2.70. The molecule has 7 nitrogen and oxygen atoms in total. The Bertz CT molecular complexity index is 770. The summed E-state index contributed by atoms with van der Waals surface area (Å²) in [7, 11) is 0. The van der Waals surface area contributed by atoms with Crippen molar-refractivity contribution in [2.45, 2.75) is 39.5 Å². The quantitative estimate of drug-likeness (QED) is 0.665. The van der Waals surface area contributed by atoms with Gasteiger partial charge in [0.15, 0.2) is 0 Å². The van der Waals surface area contributed by atoms with E-state index < -0.39 is 0 Å². The average Bonchev–Trinajstić information content (AvgIpc) is 2.87. The number of aromatic nitrogens is 2. The molecule has 7 heteroatoms. The first-order valence-electron chi connectivity index (χ1n) is 8.65. The zero-order valence-electron chi connectivity index (χ0n) is 14.7. The van der Waals surface area contributed by atoms with Gasteiger partial charge >= 0.3 is 5.69 Å². The molecule has 0 atom stereocenters. The lowest BCUT2D eigenvalue weighted by Crippen LogP contribution is -2.26. The van der Waals surface area contributed by atoms with Crippen molar-refractivity contribution in [2.75, 3.05) is 23.3 Å². The standard InChI is InChI=1S/C18H23N5O2/c1-13-7-8-14(2)15(11-13)21-17-16(23(24)25)18(20-12-19-17)22-9-5-3-4-6-10-22/h7-8,11-12H,3-6,9-10H2,1-2H3,(H,19,20,21). The van der Waals surface area contributed by atoms with Crippen LogP contribution in [-0.2, 0) is 0 Å². The molecule has 1 aromatic carbocycles. The van der Waals surface area contributed by atoms with E-state index in [0.29, 0.717) is 5.82 Å². The SMILES string of the molecule is Cc1ccc(C)c(Nc2ncnc(N3CCCCCC3)c2[N+](=O)[O-])c1. The van der Waals surface area contributed by atoms with Gasteiger partial charge in [-0.2, -0.15) is 0 Å². The van der Waals surface area contributed by atoms with Gasteiger partial charge in [-0.3, -0.25) is 10.1 Å². The first-order valence-corrected chi connectivity index (χ1v) is 8.65. The van der Waals surface area contributed by atoms with Gasteiger partial charge < -0.3 is 10.2 Å². The number of benzene rings is 1. The van der Waals surface area contributed by atoms with Crippen LogP contribution < -0.4 is 10.2 Å². The van der Waals surface area contributed by atoms with Crippen LogP contribution in [0.4, 0.5) is 23.0 Å². The number of rotatable bonds is 4. The minimum Gasteiger partial charge on any atom is -0.351 e. The van der Waals surface area contributed by atoms with E-state index in [9.17, 15) is 10.1 Å². The molecule has 1 aliphatic rings. The Kier molecular flexibility index (Phi) is 5.11. The largest absolute Gasteiger partial charge is 0.353 e. The summed E-state index contributed by atoms with van der Waals surface area (Å²) < 4.78 is 0. The van der Waals surface area contributed by atoms with Crippen LogP contribution >= 0.6 is 0 Å². The average molecular weight is 341 g/mol. The maximum Gasteiger partial charge on any atom is 0.353 e. The molecule has 2 aromatic rings. The minimum atomic E-state index is -0.381.